The minimum absolute atomic E-state index is 0.266. The highest BCUT2D eigenvalue weighted by atomic mass is 15.1. The number of hydrogen-bond donors (Lipinski definition) is 0. The number of aromatic nitrogens is 2. The molecule has 0 unspecified atom stereocenters. The lowest BCUT2D eigenvalue weighted by molar-refractivity contribution is 0.660. The minimum Gasteiger partial charge on any atom is -0.311 e. The van der Waals surface area contributed by atoms with Crippen LogP contribution in [-0.2, 0) is 5.41 Å². The van der Waals surface area contributed by atoms with Crippen LogP contribution in [0.3, 0.4) is 0 Å². The number of hydrogen-bond acceptors (Lipinski definition) is 1. The average Bonchev–Trinajstić information content (AvgIpc) is 4.17. The van der Waals surface area contributed by atoms with Gasteiger partial charge in [0, 0.05) is 83.2 Å². The second kappa shape index (κ2) is 18.2. The second-order valence-corrected chi connectivity index (χ2v) is 19.9. The molecule has 13 aromatic rings. The van der Waals surface area contributed by atoms with Crippen LogP contribution in [0.2, 0.25) is 0 Å². The number of nitrogens with zero attached hydrogens (tertiary/aromatic N) is 3. The van der Waals surface area contributed by atoms with Crippen molar-refractivity contribution >= 4 is 105 Å². The molecule has 0 spiro atoms. The van der Waals surface area contributed by atoms with E-state index in [9.17, 15) is 0 Å². The van der Waals surface area contributed by atoms with Gasteiger partial charge in [-0.3, -0.25) is 0 Å². The fraction of sp³-hybridized carbons (Fsp3) is 0.111. The van der Waals surface area contributed by atoms with Gasteiger partial charge in [0.1, 0.15) is 0 Å². The predicted octanol–water partition coefficient (Wildman–Crippen LogP) is 18.6. The molecule has 2 heterocycles. The molecular weight excluding hydrogens is 907 g/mol. The zero-order valence-corrected chi connectivity index (χ0v) is 43.6. The Kier molecular flexibility index (Phi) is 11.2. The van der Waals surface area contributed by atoms with Crippen molar-refractivity contribution in [3.63, 3.8) is 0 Å². The van der Waals surface area contributed by atoms with Crippen LogP contribution < -0.4 is 15.3 Å². The van der Waals surface area contributed by atoms with Crippen molar-refractivity contribution in [2.75, 3.05) is 4.90 Å². The van der Waals surface area contributed by atoms with E-state index in [1.54, 1.807) is 0 Å². The van der Waals surface area contributed by atoms with Gasteiger partial charge in [-0.15, -0.1) is 0 Å². The standard InChI is InChI=1S/C68H47N3.2C2H6/c1-68(2)57-41-46(69(44-23-5-3-6-24-44)45-25-7-4-8-26-45)37-39-49(57)50-40-38-47(42-58(50)68)70-60-35-19-16-32-55(60)63-65-62(51-28-12-14-30-53(51)66(63)70)52-29-13-15-31-54(52)67-64(65)56-33-17-20-36-61(56)71(67)59-34-18-10-22-43-21-9-11-27-48(43)59;2*1-2/h3-33,35-42H,34H2,1-2H3;2*1-2H3. The molecule has 0 atom stereocenters. The highest BCUT2D eigenvalue weighted by molar-refractivity contribution is 6.45. The molecule has 0 fully saturated rings. The maximum atomic E-state index is 2.61. The second-order valence-electron chi connectivity index (χ2n) is 19.9. The fourth-order valence-electron chi connectivity index (χ4n) is 12.8. The van der Waals surface area contributed by atoms with Crippen LogP contribution in [-0.4, -0.2) is 9.13 Å². The van der Waals surface area contributed by atoms with Crippen molar-refractivity contribution in [1.82, 2.24) is 9.13 Å². The SMILES string of the molecule is CC.CC.CC1(C)c2cc(N(c3ccccc3)c3ccccc3)ccc2-c2ccc(-n3c4ccccc4c4c5c(c6ccccc6c6c5c5ccccc5n6C5=c6ccccc6=CC=CC5)c5ccccc5c43)cc21. The van der Waals surface area contributed by atoms with Crippen molar-refractivity contribution in [2.45, 2.75) is 53.4 Å². The lowest BCUT2D eigenvalue weighted by Gasteiger charge is -2.28. The van der Waals surface area contributed by atoms with Gasteiger partial charge in [-0.25, -0.2) is 0 Å². The molecule has 3 heteroatoms. The molecule has 3 nitrogen and oxygen atoms in total. The van der Waals surface area contributed by atoms with E-state index < -0.39 is 0 Å². The smallest absolute Gasteiger partial charge is 0.0626 e. The first kappa shape index (κ1) is 45.9. The van der Waals surface area contributed by atoms with Crippen LogP contribution >= 0.6 is 0 Å². The van der Waals surface area contributed by atoms with E-state index in [0.717, 1.165) is 23.5 Å². The molecule has 11 aromatic carbocycles. The third-order valence-corrected chi connectivity index (χ3v) is 15.9. The van der Waals surface area contributed by atoms with Gasteiger partial charge in [0.2, 0.25) is 0 Å². The summed E-state index contributed by atoms with van der Waals surface area (Å²) in [6, 6.07) is 81.3. The Balaban J connectivity index is 0.00000132. The Bertz CT molecular complexity index is 4530. The number of para-hydroxylation sites is 4. The van der Waals surface area contributed by atoms with E-state index in [0.29, 0.717) is 0 Å². The van der Waals surface area contributed by atoms with Gasteiger partial charge in [0.15, 0.2) is 0 Å². The third kappa shape index (κ3) is 6.80. The molecule has 0 bridgehead atoms. The summed E-state index contributed by atoms with van der Waals surface area (Å²) in [6.07, 6.45) is 7.62. The van der Waals surface area contributed by atoms with Crippen molar-refractivity contribution in [1.29, 1.82) is 0 Å². The van der Waals surface area contributed by atoms with E-state index in [4.69, 9.17) is 0 Å². The van der Waals surface area contributed by atoms with Crippen molar-refractivity contribution in [3.05, 3.63) is 252 Å². The summed E-state index contributed by atoms with van der Waals surface area (Å²) in [4.78, 5) is 2.37. The largest absolute Gasteiger partial charge is 0.311 e. The number of fused-ring (bicyclic) bond motifs is 19. The third-order valence-electron chi connectivity index (χ3n) is 15.9. The Labute approximate surface area is 438 Å². The first-order valence-corrected chi connectivity index (χ1v) is 26.9. The fourth-order valence-corrected chi connectivity index (χ4v) is 12.8. The molecule has 0 amide bonds. The van der Waals surface area contributed by atoms with Crippen LogP contribution in [0.25, 0.3) is 105 Å². The van der Waals surface area contributed by atoms with Crippen LogP contribution in [0.5, 0.6) is 0 Å². The Morgan fingerprint density at radius 1 is 0.400 bits per heavy atom. The normalized spacial score (nSPS) is 13.3. The Hall–Kier alpha value is -8.92. The van der Waals surface area contributed by atoms with Crippen LogP contribution in [0.1, 0.15) is 59.1 Å². The van der Waals surface area contributed by atoms with Gasteiger partial charge >= 0.3 is 0 Å². The molecule has 0 saturated heterocycles. The molecule has 15 rings (SSSR count). The molecule has 0 radical (unpaired) electrons. The van der Waals surface area contributed by atoms with E-state index in [1.807, 2.05) is 27.7 Å². The summed E-state index contributed by atoms with van der Waals surface area (Å²) >= 11 is 0. The van der Waals surface area contributed by atoms with Gasteiger partial charge in [-0.1, -0.05) is 217 Å². The van der Waals surface area contributed by atoms with Crippen LogP contribution in [0.15, 0.2) is 231 Å². The molecule has 2 aliphatic carbocycles. The summed E-state index contributed by atoms with van der Waals surface area (Å²) in [5, 5.41) is 15.3. The van der Waals surface area contributed by atoms with E-state index >= 15 is 0 Å². The lowest BCUT2D eigenvalue weighted by atomic mass is 9.82. The van der Waals surface area contributed by atoms with Crippen LogP contribution in [0.4, 0.5) is 17.1 Å². The van der Waals surface area contributed by atoms with Gasteiger partial charge < -0.3 is 14.0 Å². The zero-order valence-electron chi connectivity index (χ0n) is 43.6. The molecule has 75 heavy (non-hydrogen) atoms. The summed E-state index contributed by atoms with van der Waals surface area (Å²) in [7, 11) is 0. The highest BCUT2D eigenvalue weighted by Crippen LogP contribution is 2.54. The quantitative estimate of drug-likeness (QED) is 0.157. The number of anilines is 3. The van der Waals surface area contributed by atoms with Gasteiger partial charge in [0.25, 0.3) is 0 Å². The number of allylic oxidation sites excluding steroid dienone is 2. The topological polar surface area (TPSA) is 13.1 Å². The van der Waals surface area contributed by atoms with Crippen molar-refractivity contribution in [3.8, 4) is 16.8 Å². The zero-order chi connectivity index (χ0) is 51.0. The Morgan fingerprint density at radius 2 is 0.880 bits per heavy atom. The average molecular weight is 966 g/mol. The molecule has 362 valence electrons. The molecule has 2 aliphatic rings. The molecule has 0 aliphatic heterocycles. The van der Waals surface area contributed by atoms with Crippen LogP contribution in [0, 0.1) is 0 Å². The Morgan fingerprint density at radius 3 is 1.49 bits per heavy atom. The van der Waals surface area contributed by atoms with Gasteiger partial charge in [-0.05, 0) is 104 Å². The molecule has 0 N–H and O–H groups in total. The minimum atomic E-state index is -0.266. The lowest BCUT2D eigenvalue weighted by Crippen LogP contribution is -2.27. The van der Waals surface area contributed by atoms with Crippen molar-refractivity contribution in [2.24, 2.45) is 0 Å². The van der Waals surface area contributed by atoms with Crippen molar-refractivity contribution < 1.29 is 0 Å². The van der Waals surface area contributed by atoms with E-state index in [1.165, 1.54) is 120 Å². The predicted molar refractivity (Wildman–Crippen MR) is 324 cm³/mol. The first-order valence-electron chi connectivity index (χ1n) is 26.9. The first-order chi connectivity index (χ1) is 37.0. The van der Waals surface area contributed by atoms with Gasteiger partial charge in [0.05, 0.1) is 22.1 Å². The number of rotatable bonds is 5. The van der Waals surface area contributed by atoms with E-state index in [2.05, 4.69) is 264 Å². The maximum Gasteiger partial charge on any atom is 0.0626 e. The monoisotopic (exact) mass is 965 g/mol. The molecule has 0 saturated carbocycles. The maximum absolute atomic E-state index is 2.61. The number of benzene rings is 11. The molecule has 2 aromatic heterocycles. The summed E-state index contributed by atoms with van der Waals surface area (Å²) in [6.45, 7) is 12.8. The summed E-state index contributed by atoms with van der Waals surface area (Å²) in [5.74, 6) is 0. The summed E-state index contributed by atoms with van der Waals surface area (Å²) in [5.41, 5.74) is 15.8. The summed E-state index contributed by atoms with van der Waals surface area (Å²) < 4.78 is 5.19. The van der Waals surface area contributed by atoms with Gasteiger partial charge in [-0.2, -0.15) is 0 Å². The van der Waals surface area contributed by atoms with E-state index in [-0.39, 0.29) is 5.41 Å². The highest BCUT2D eigenvalue weighted by Gasteiger charge is 2.37. The molecular formula is C72H59N3.